The minimum absolute atomic E-state index is 0.454. The molecule has 0 aromatic carbocycles. The summed E-state index contributed by atoms with van der Waals surface area (Å²) in [6.45, 7) is 2.98. The molecule has 0 saturated heterocycles. The van der Waals surface area contributed by atoms with E-state index in [0.29, 0.717) is 17.0 Å². The van der Waals surface area contributed by atoms with Crippen LogP contribution in [0.25, 0.3) is 22.3 Å². The number of hydrogen-bond donors (Lipinski definition) is 1. The molecule has 0 atom stereocenters. The molecule has 0 radical (unpaired) electrons. The van der Waals surface area contributed by atoms with E-state index < -0.39 is 21.8 Å². The first-order valence-corrected chi connectivity index (χ1v) is 9.95. The van der Waals surface area contributed by atoms with Crippen LogP contribution in [-0.4, -0.2) is 35.1 Å². The molecule has 9 heteroatoms. The highest BCUT2D eigenvalue weighted by Crippen LogP contribution is 2.26. The van der Waals surface area contributed by atoms with Crippen LogP contribution in [-0.2, 0) is 19.1 Å². The van der Waals surface area contributed by atoms with Crippen LogP contribution in [0.5, 0.6) is 0 Å². The minimum Gasteiger partial charge on any atom is -0.346 e. The van der Waals surface area contributed by atoms with Crippen molar-refractivity contribution < 1.29 is 17.4 Å². The summed E-state index contributed by atoms with van der Waals surface area (Å²) in [4.78, 5) is 24.1. The molecule has 0 unspecified atom stereocenters. The molecule has 0 aliphatic heterocycles. The topological polar surface area (TPSA) is 111 Å². The molecule has 0 spiro atoms. The number of pyridine rings is 3. The van der Waals surface area contributed by atoms with E-state index in [-0.39, 0.29) is 0 Å². The fraction of sp³-hybridized carbons (Fsp3) is 0.158. The molecule has 0 aliphatic carbocycles. The third kappa shape index (κ3) is 4.68. The lowest BCUT2D eigenvalue weighted by Crippen LogP contribution is -2.12. The van der Waals surface area contributed by atoms with Crippen LogP contribution < -0.4 is 5.32 Å². The summed E-state index contributed by atoms with van der Waals surface area (Å²) in [6.07, 6.45) is 6.10. The van der Waals surface area contributed by atoms with Crippen molar-refractivity contribution in [2.75, 3.05) is 11.1 Å². The van der Waals surface area contributed by atoms with Crippen LogP contribution in [0.4, 0.5) is 5.82 Å². The van der Waals surface area contributed by atoms with Crippen LogP contribution in [0.15, 0.2) is 55.0 Å². The maximum absolute atomic E-state index is 11.6. The highest BCUT2D eigenvalue weighted by molar-refractivity contribution is 7.87. The first-order chi connectivity index (χ1) is 13.4. The summed E-state index contributed by atoms with van der Waals surface area (Å²) < 4.78 is 27.4. The van der Waals surface area contributed by atoms with Crippen LogP contribution in [0, 0.1) is 6.92 Å². The third-order valence-corrected chi connectivity index (χ3v) is 4.81. The maximum atomic E-state index is 11.6. The quantitative estimate of drug-likeness (QED) is 0.631. The summed E-state index contributed by atoms with van der Waals surface area (Å²) in [5.74, 6) is -0.875. The van der Waals surface area contributed by atoms with Crippen molar-refractivity contribution in [2.24, 2.45) is 0 Å². The second kappa shape index (κ2) is 8.13. The number of nitrogens with one attached hydrogen (secondary N) is 1. The predicted octanol–water partition coefficient (Wildman–Crippen LogP) is 2.82. The van der Waals surface area contributed by atoms with Gasteiger partial charge in [0, 0.05) is 24.7 Å². The van der Waals surface area contributed by atoms with E-state index in [0.717, 1.165) is 23.6 Å². The lowest BCUT2D eigenvalue weighted by atomic mass is 10.1. The van der Waals surface area contributed by atoms with Gasteiger partial charge in [0.2, 0.25) is 0 Å². The molecule has 144 valence electrons. The minimum atomic E-state index is -3.96. The highest BCUT2D eigenvalue weighted by Gasteiger charge is 2.12. The van der Waals surface area contributed by atoms with Gasteiger partial charge in [-0.1, -0.05) is 12.1 Å². The van der Waals surface area contributed by atoms with Gasteiger partial charge in [-0.15, -0.1) is 0 Å². The Bertz CT molecular complexity index is 1160. The Kier molecular flexibility index (Phi) is 5.65. The van der Waals surface area contributed by atoms with Gasteiger partial charge >= 0.3 is 16.1 Å². The Labute approximate surface area is 162 Å². The molecular formula is C19H18N4O4S. The zero-order chi connectivity index (χ0) is 20.1. The summed E-state index contributed by atoms with van der Waals surface area (Å²) in [5.41, 5.74) is 3.03. The Morgan fingerprint density at radius 2 is 1.96 bits per heavy atom. The Morgan fingerprint density at radius 1 is 1.21 bits per heavy atom. The van der Waals surface area contributed by atoms with Gasteiger partial charge in [0.15, 0.2) is 5.82 Å². The molecule has 8 nitrogen and oxygen atoms in total. The molecule has 0 saturated carbocycles. The number of fused-ring (bicyclic) bond motifs is 1. The first kappa shape index (κ1) is 19.4. The fourth-order valence-electron chi connectivity index (χ4n) is 2.58. The molecule has 0 fully saturated rings. The Balaban J connectivity index is 1.91. The molecule has 0 amide bonds. The van der Waals surface area contributed by atoms with Crippen molar-refractivity contribution in [1.29, 1.82) is 0 Å². The second-order valence-corrected chi connectivity index (χ2v) is 7.56. The van der Waals surface area contributed by atoms with E-state index in [1.54, 1.807) is 12.4 Å². The smallest absolute Gasteiger partial charge is 0.319 e. The van der Waals surface area contributed by atoms with E-state index in [1.165, 1.54) is 12.3 Å². The summed E-state index contributed by atoms with van der Waals surface area (Å²) >= 11 is 0. The molecule has 3 aromatic heterocycles. The lowest BCUT2D eigenvalue weighted by molar-refractivity contribution is -0.131. The molecule has 28 heavy (non-hydrogen) atoms. The number of hydrogen-bond acceptors (Lipinski definition) is 8. The summed E-state index contributed by atoms with van der Waals surface area (Å²) in [7, 11) is -3.96. The normalized spacial score (nSPS) is 11.6. The van der Waals surface area contributed by atoms with Gasteiger partial charge in [-0.3, -0.25) is 14.8 Å². The number of nitrogens with zero attached hydrogens (tertiary/aromatic N) is 3. The van der Waals surface area contributed by atoms with Crippen molar-refractivity contribution in [3.05, 3.63) is 60.6 Å². The van der Waals surface area contributed by atoms with Gasteiger partial charge in [-0.25, -0.2) is 4.98 Å². The molecular weight excluding hydrogens is 380 g/mol. The molecule has 3 rings (SSSR count). The standard InChI is InChI=1S/C19H18N4O4S/c1-13-6-3-8-20-17(13)16-12-15-7-4-9-21-18(15)19(23-16)22-10-5-11-28(25,26)27-14(2)24/h3-10,12H,11H2,1-2H3,(H,22,23). The van der Waals surface area contributed by atoms with Gasteiger partial charge in [0.05, 0.1) is 11.4 Å². The van der Waals surface area contributed by atoms with Crippen LogP contribution >= 0.6 is 0 Å². The van der Waals surface area contributed by atoms with Crippen LogP contribution in [0.1, 0.15) is 12.5 Å². The fourth-order valence-corrected chi connectivity index (χ4v) is 3.34. The van der Waals surface area contributed by atoms with Crippen molar-refractivity contribution in [3.63, 3.8) is 0 Å². The first-order valence-electron chi connectivity index (χ1n) is 8.38. The maximum Gasteiger partial charge on any atom is 0.319 e. The zero-order valence-electron chi connectivity index (χ0n) is 15.3. The van der Waals surface area contributed by atoms with Gasteiger partial charge in [-0.2, -0.15) is 8.42 Å². The Hall–Kier alpha value is -3.33. The van der Waals surface area contributed by atoms with E-state index in [4.69, 9.17) is 0 Å². The second-order valence-electron chi connectivity index (χ2n) is 5.95. The largest absolute Gasteiger partial charge is 0.346 e. The van der Waals surface area contributed by atoms with Crippen LogP contribution in [0.2, 0.25) is 0 Å². The van der Waals surface area contributed by atoms with Gasteiger partial charge in [-0.05, 0) is 43.0 Å². The average molecular weight is 398 g/mol. The van der Waals surface area contributed by atoms with Gasteiger partial charge in [0.25, 0.3) is 0 Å². The molecule has 0 aliphatic rings. The number of rotatable bonds is 6. The molecule has 1 N–H and O–H groups in total. The monoisotopic (exact) mass is 398 g/mol. The highest BCUT2D eigenvalue weighted by atomic mass is 32.2. The van der Waals surface area contributed by atoms with Crippen LogP contribution in [0.3, 0.4) is 0 Å². The SMILES string of the molecule is CC(=O)OS(=O)(=O)CC=CNc1nc(-c2ncccc2C)cc2cccnc12. The van der Waals surface area contributed by atoms with E-state index in [9.17, 15) is 13.2 Å². The number of anilines is 1. The van der Waals surface area contributed by atoms with E-state index >= 15 is 0 Å². The van der Waals surface area contributed by atoms with E-state index in [1.807, 2.05) is 37.3 Å². The van der Waals surface area contributed by atoms with Crippen molar-refractivity contribution in [2.45, 2.75) is 13.8 Å². The van der Waals surface area contributed by atoms with Crippen molar-refractivity contribution in [3.8, 4) is 11.4 Å². The van der Waals surface area contributed by atoms with E-state index in [2.05, 4.69) is 24.5 Å². The third-order valence-electron chi connectivity index (χ3n) is 3.72. The van der Waals surface area contributed by atoms with Gasteiger partial charge in [0.1, 0.15) is 11.3 Å². The predicted molar refractivity (Wildman–Crippen MR) is 106 cm³/mol. The molecule has 3 heterocycles. The summed E-state index contributed by atoms with van der Waals surface area (Å²) in [5, 5.41) is 3.82. The lowest BCUT2D eigenvalue weighted by Gasteiger charge is -2.09. The summed E-state index contributed by atoms with van der Waals surface area (Å²) in [6, 6.07) is 9.43. The number of carbonyl (C=O) groups excluding carboxylic acids is 1. The molecule has 0 bridgehead atoms. The number of aryl methyl sites for hydroxylation is 1. The molecule has 3 aromatic rings. The van der Waals surface area contributed by atoms with Gasteiger partial charge < -0.3 is 9.50 Å². The number of carbonyl (C=O) groups is 1. The van der Waals surface area contributed by atoms with Crippen molar-refractivity contribution >= 4 is 32.8 Å². The van der Waals surface area contributed by atoms with Crippen molar-refractivity contribution in [1.82, 2.24) is 15.0 Å². The number of aromatic nitrogens is 3. The average Bonchev–Trinajstić information content (AvgIpc) is 2.64. The zero-order valence-corrected chi connectivity index (χ0v) is 16.1. The Morgan fingerprint density at radius 3 is 2.71 bits per heavy atom.